The van der Waals surface area contributed by atoms with Crippen molar-refractivity contribution in [2.75, 3.05) is 0 Å². The van der Waals surface area contributed by atoms with Crippen molar-refractivity contribution in [1.29, 1.82) is 0 Å². The van der Waals surface area contributed by atoms with Crippen molar-refractivity contribution in [2.45, 2.75) is 97.7 Å². The summed E-state index contributed by atoms with van der Waals surface area (Å²) in [6.45, 7) is 9.21. The minimum Gasteiger partial charge on any atom is -0.481 e. The van der Waals surface area contributed by atoms with Crippen molar-refractivity contribution in [3.05, 3.63) is 11.6 Å². The van der Waals surface area contributed by atoms with E-state index in [0.29, 0.717) is 35.5 Å². The fraction of sp³-hybridized carbons (Fsp3) is 0.885. The normalized spacial score (nSPS) is 50.5. The molecule has 4 nitrogen and oxygen atoms in total. The zero-order valence-corrected chi connectivity index (χ0v) is 19.3. The van der Waals surface area contributed by atoms with Crippen LogP contribution < -0.4 is 0 Å². The highest BCUT2D eigenvalue weighted by molar-refractivity contribution is 5.66. The van der Waals surface area contributed by atoms with Gasteiger partial charge in [0.15, 0.2) is 0 Å². The summed E-state index contributed by atoms with van der Waals surface area (Å²) in [5.74, 6) is 1.94. The Morgan fingerprint density at radius 2 is 1.77 bits per heavy atom. The fourth-order valence-corrected chi connectivity index (χ4v) is 9.00. The molecule has 0 saturated heterocycles. The lowest BCUT2D eigenvalue weighted by molar-refractivity contribution is -0.147. The van der Waals surface area contributed by atoms with Gasteiger partial charge < -0.3 is 15.3 Å². The van der Waals surface area contributed by atoms with Gasteiger partial charge >= 0.3 is 5.97 Å². The molecule has 0 aromatic rings. The van der Waals surface area contributed by atoms with E-state index in [-0.39, 0.29) is 29.5 Å². The Bertz CT molecular complexity index is 701. The second kappa shape index (κ2) is 7.92. The molecule has 3 N–H and O–H groups in total. The molecule has 4 aliphatic rings. The van der Waals surface area contributed by atoms with Crippen LogP contribution in [0.3, 0.4) is 0 Å². The first-order valence-electron chi connectivity index (χ1n) is 12.4. The summed E-state index contributed by atoms with van der Waals surface area (Å²) in [6.07, 6.45) is 9.99. The third kappa shape index (κ3) is 3.28. The lowest BCUT2D eigenvalue weighted by Crippen LogP contribution is -2.59. The van der Waals surface area contributed by atoms with E-state index < -0.39 is 5.97 Å². The number of hydrogen-bond acceptors (Lipinski definition) is 3. The van der Waals surface area contributed by atoms with Gasteiger partial charge in [-0.25, -0.2) is 0 Å². The van der Waals surface area contributed by atoms with Crippen LogP contribution in [-0.4, -0.2) is 33.5 Å². The Morgan fingerprint density at radius 3 is 2.43 bits per heavy atom. The molecule has 0 amide bonds. The van der Waals surface area contributed by atoms with E-state index in [0.717, 1.165) is 38.5 Å². The Balaban J connectivity index is 1.63. The van der Waals surface area contributed by atoms with Crippen molar-refractivity contribution in [1.82, 2.24) is 0 Å². The van der Waals surface area contributed by atoms with E-state index in [4.69, 9.17) is 5.11 Å². The molecule has 4 heteroatoms. The van der Waals surface area contributed by atoms with Crippen LogP contribution in [0.5, 0.6) is 0 Å². The second-order valence-corrected chi connectivity index (χ2v) is 11.6. The van der Waals surface area contributed by atoms with Gasteiger partial charge in [-0.2, -0.15) is 0 Å². The Morgan fingerprint density at radius 1 is 1.10 bits per heavy atom. The van der Waals surface area contributed by atoms with Gasteiger partial charge in [-0.3, -0.25) is 4.79 Å². The number of aliphatic carboxylic acids is 1. The monoisotopic (exact) mass is 418 g/mol. The average Bonchev–Trinajstić information content (AvgIpc) is 3.05. The van der Waals surface area contributed by atoms with E-state index in [1.807, 2.05) is 0 Å². The average molecular weight is 419 g/mol. The fourth-order valence-electron chi connectivity index (χ4n) is 9.00. The van der Waals surface area contributed by atoms with Crippen molar-refractivity contribution in [3.63, 3.8) is 0 Å². The molecule has 4 saturated carbocycles. The summed E-state index contributed by atoms with van der Waals surface area (Å²) in [4.78, 5) is 11.1. The molecule has 0 aromatic heterocycles. The molecule has 0 bridgehead atoms. The molecule has 10 atom stereocenters. The molecule has 0 spiro atoms. The number of fused-ring (bicyclic) bond motifs is 5. The lowest BCUT2D eigenvalue weighted by atomic mass is 9.42. The summed E-state index contributed by atoms with van der Waals surface area (Å²) in [5.41, 5.74) is 1.57. The van der Waals surface area contributed by atoms with E-state index in [2.05, 4.69) is 33.8 Å². The molecular weight excluding hydrogens is 376 g/mol. The number of carboxylic acids is 1. The maximum absolute atomic E-state index is 11.6. The number of aliphatic hydroxyl groups is 2. The quantitative estimate of drug-likeness (QED) is 0.559. The highest BCUT2D eigenvalue weighted by atomic mass is 16.4. The molecule has 4 fully saturated rings. The number of carbonyl (C=O) groups is 1. The van der Waals surface area contributed by atoms with Crippen molar-refractivity contribution in [2.24, 2.45) is 46.3 Å². The van der Waals surface area contributed by atoms with Gasteiger partial charge in [-0.15, -0.1) is 0 Å². The first-order chi connectivity index (χ1) is 14.1. The molecule has 0 aliphatic heterocycles. The van der Waals surface area contributed by atoms with Crippen LogP contribution in [0.15, 0.2) is 11.6 Å². The van der Waals surface area contributed by atoms with Gasteiger partial charge in [0, 0.05) is 6.42 Å². The highest BCUT2D eigenvalue weighted by Crippen LogP contribution is 2.69. The lowest BCUT2D eigenvalue weighted by Gasteiger charge is -2.63. The first kappa shape index (κ1) is 22.3. The molecule has 4 rings (SSSR count). The van der Waals surface area contributed by atoms with Crippen LogP contribution >= 0.6 is 0 Å². The standard InChI is InChI=1S/C26H42O4/c1-5-17-21-14-16(27)10-12-26(21,4)20-11-13-25(3)18(15(2)6-9-22(28)29)7-8-19(25)23(20)24(17)30/h5,15-16,18-21,23-24,27,30H,6-14H2,1-4H3,(H,28,29)/b17-5+/t15-,16-,18?,19+,20+,21+,23+,24-,25-,26-/m1/s1. The minimum atomic E-state index is -0.691. The Labute approximate surface area is 182 Å². The van der Waals surface area contributed by atoms with Crippen molar-refractivity contribution >= 4 is 5.97 Å². The van der Waals surface area contributed by atoms with Crippen LogP contribution in [0.25, 0.3) is 0 Å². The third-order valence-corrected chi connectivity index (χ3v) is 10.5. The SMILES string of the molecule is C/C=C1/[C@@H](O)[C@@H]2[C@H](CC[C@]3(C)C([C@H](C)CCC(=O)O)CC[C@@H]23)[C@@]2(C)CC[C@@H](O)C[C@@H]12. The van der Waals surface area contributed by atoms with E-state index >= 15 is 0 Å². The smallest absolute Gasteiger partial charge is 0.303 e. The summed E-state index contributed by atoms with van der Waals surface area (Å²) in [7, 11) is 0. The summed E-state index contributed by atoms with van der Waals surface area (Å²) < 4.78 is 0. The van der Waals surface area contributed by atoms with Crippen LogP contribution in [-0.2, 0) is 4.79 Å². The zero-order chi connectivity index (χ0) is 21.8. The van der Waals surface area contributed by atoms with Crippen molar-refractivity contribution in [3.8, 4) is 0 Å². The Hall–Kier alpha value is -0.870. The van der Waals surface area contributed by atoms with Gasteiger partial charge in [-0.1, -0.05) is 26.8 Å². The van der Waals surface area contributed by atoms with E-state index in [1.54, 1.807) is 0 Å². The molecule has 30 heavy (non-hydrogen) atoms. The topological polar surface area (TPSA) is 77.8 Å². The molecule has 0 heterocycles. The molecule has 0 aromatic carbocycles. The summed E-state index contributed by atoms with van der Waals surface area (Å²) in [5, 5.41) is 31.2. The zero-order valence-electron chi connectivity index (χ0n) is 19.3. The third-order valence-electron chi connectivity index (χ3n) is 10.5. The number of allylic oxidation sites excluding steroid dienone is 1. The maximum atomic E-state index is 11.6. The van der Waals surface area contributed by atoms with Crippen LogP contribution in [0.1, 0.15) is 85.5 Å². The van der Waals surface area contributed by atoms with Gasteiger partial charge in [0.2, 0.25) is 0 Å². The van der Waals surface area contributed by atoms with E-state index in [9.17, 15) is 15.0 Å². The predicted molar refractivity (Wildman–Crippen MR) is 118 cm³/mol. The molecular formula is C26H42O4. The number of carboxylic acid groups (broad SMARTS) is 1. The van der Waals surface area contributed by atoms with Gasteiger partial charge in [0.05, 0.1) is 12.2 Å². The van der Waals surface area contributed by atoms with Gasteiger partial charge in [0.25, 0.3) is 0 Å². The Kier molecular flexibility index (Phi) is 5.89. The summed E-state index contributed by atoms with van der Waals surface area (Å²) in [6, 6.07) is 0. The van der Waals surface area contributed by atoms with Crippen molar-refractivity contribution < 1.29 is 20.1 Å². The first-order valence-corrected chi connectivity index (χ1v) is 12.4. The summed E-state index contributed by atoms with van der Waals surface area (Å²) >= 11 is 0. The number of rotatable bonds is 4. The van der Waals surface area contributed by atoms with Gasteiger partial charge in [-0.05, 0) is 110 Å². The minimum absolute atomic E-state index is 0.180. The van der Waals surface area contributed by atoms with Crippen LogP contribution in [0.4, 0.5) is 0 Å². The van der Waals surface area contributed by atoms with E-state index in [1.165, 1.54) is 18.4 Å². The number of aliphatic hydroxyl groups excluding tert-OH is 2. The maximum Gasteiger partial charge on any atom is 0.303 e. The molecule has 0 radical (unpaired) electrons. The second-order valence-electron chi connectivity index (χ2n) is 11.6. The molecule has 1 unspecified atom stereocenters. The number of hydrogen-bond donors (Lipinski definition) is 3. The molecule has 170 valence electrons. The largest absolute Gasteiger partial charge is 0.481 e. The van der Waals surface area contributed by atoms with Crippen LogP contribution in [0, 0.1) is 46.3 Å². The van der Waals surface area contributed by atoms with Crippen LogP contribution in [0.2, 0.25) is 0 Å². The predicted octanol–water partition coefficient (Wildman–Crippen LogP) is 5.03. The molecule has 4 aliphatic carbocycles. The highest BCUT2D eigenvalue weighted by Gasteiger charge is 2.63. The van der Waals surface area contributed by atoms with Gasteiger partial charge in [0.1, 0.15) is 0 Å².